The first-order valence-corrected chi connectivity index (χ1v) is 8.82. The van der Waals surface area contributed by atoms with E-state index in [1.807, 2.05) is 7.05 Å². The summed E-state index contributed by atoms with van der Waals surface area (Å²) in [6, 6.07) is 0. The van der Waals surface area contributed by atoms with Crippen LogP contribution in [0.1, 0.15) is 44.9 Å². The predicted molar refractivity (Wildman–Crippen MR) is 91.2 cm³/mol. The van der Waals surface area contributed by atoms with Gasteiger partial charge in [0.1, 0.15) is 0 Å². The van der Waals surface area contributed by atoms with Crippen LogP contribution >= 0.6 is 0 Å². The van der Waals surface area contributed by atoms with Gasteiger partial charge in [0.05, 0.1) is 13.2 Å². The Morgan fingerprint density at radius 1 is 1.09 bits per heavy atom. The minimum Gasteiger partial charge on any atom is -0.383 e. The van der Waals surface area contributed by atoms with Crippen molar-refractivity contribution in [3.63, 3.8) is 0 Å². The highest BCUT2D eigenvalue weighted by molar-refractivity contribution is 5.84. The summed E-state index contributed by atoms with van der Waals surface area (Å²) in [5.74, 6) is 0.405. The number of carbonyl (C=O) groups is 2. The van der Waals surface area contributed by atoms with Gasteiger partial charge in [0.25, 0.3) is 0 Å². The highest BCUT2D eigenvalue weighted by Gasteiger charge is 2.17. The first kappa shape index (κ1) is 19.9. The zero-order valence-electron chi connectivity index (χ0n) is 14.7. The number of carbonyl (C=O) groups excluding carboxylic acids is 2. The molecule has 0 aromatic rings. The molecule has 2 N–H and O–H groups in total. The van der Waals surface area contributed by atoms with Crippen molar-refractivity contribution in [3.05, 3.63) is 0 Å². The molecule has 1 aliphatic rings. The standard InChI is InChI=1S/C17H33N3O3/c1-20(11-12-23-2)10-6-9-18-17(22)14-19-16(21)13-15-7-4-3-5-8-15/h15H,3-14H2,1-2H3,(H,18,22)(H,19,21). The maximum atomic E-state index is 11.8. The molecule has 0 unspecified atom stereocenters. The molecule has 2 amide bonds. The molecule has 0 bridgehead atoms. The molecule has 1 aliphatic carbocycles. The minimum atomic E-state index is -0.110. The van der Waals surface area contributed by atoms with Gasteiger partial charge in [0.2, 0.25) is 11.8 Å². The number of rotatable bonds is 11. The fraction of sp³-hybridized carbons (Fsp3) is 0.882. The lowest BCUT2D eigenvalue weighted by Gasteiger charge is -2.20. The second kappa shape index (κ2) is 12.3. The van der Waals surface area contributed by atoms with E-state index in [0.29, 0.717) is 18.9 Å². The summed E-state index contributed by atoms with van der Waals surface area (Å²) in [5, 5.41) is 5.57. The predicted octanol–water partition coefficient (Wildman–Crippen LogP) is 1.16. The van der Waals surface area contributed by atoms with Crippen molar-refractivity contribution in [2.24, 2.45) is 5.92 Å². The molecule has 0 spiro atoms. The Bertz CT molecular complexity index is 344. The number of amides is 2. The third kappa shape index (κ3) is 10.3. The highest BCUT2D eigenvalue weighted by atomic mass is 16.5. The number of hydrogen-bond acceptors (Lipinski definition) is 4. The Labute approximate surface area is 140 Å². The van der Waals surface area contributed by atoms with Crippen LogP contribution in [0.2, 0.25) is 0 Å². The van der Waals surface area contributed by atoms with E-state index in [2.05, 4.69) is 15.5 Å². The molecule has 0 aliphatic heterocycles. The van der Waals surface area contributed by atoms with Gasteiger partial charge in [0.15, 0.2) is 0 Å². The SMILES string of the molecule is COCCN(C)CCCNC(=O)CNC(=O)CC1CCCCC1. The Hall–Kier alpha value is -1.14. The van der Waals surface area contributed by atoms with Crippen LogP contribution in [0.25, 0.3) is 0 Å². The average molecular weight is 327 g/mol. The van der Waals surface area contributed by atoms with Crippen molar-refractivity contribution < 1.29 is 14.3 Å². The van der Waals surface area contributed by atoms with Gasteiger partial charge in [-0.25, -0.2) is 0 Å². The van der Waals surface area contributed by atoms with E-state index in [4.69, 9.17) is 4.74 Å². The van der Waals surface area contributed by atoms with Crippen LogP contribution < -0.4 is 10.6 Å². The van der Waals surface area contributed by atoms with Crippen LogP contribution in [-0.2, 0) is 14.3 Å². The first-order chi connectivity index (χ1) is 11.1. The van der Waals surface area contributed by atoms with E-state index < -0.39 is 0 Å². The molecule has 1 rings (SSSR count). The lowest BCUT2D eigenvalue weighted by atomic mass is 9.87. The molecule has 0 saturated heterocycles. The number of likely N-dealkylation sites (N-methyl/N-ethyl adjacent to an activating group) is 1. The Balaban J connectivity index is 1.99. The van der Waals surface area contributed by atoms with Gasteiger partial charge in [-0.2, -0.15) is 0 Å². The summed E-state index contributed by atoms with van der Waals surface area (Å²) in [5.41, 5.74) is 0. The van der Waals surface area contributed by atoms with Gasteiger partial charge in [-0.1, -0.05) is 19.3 Å². The topological polar surface area (TPSA) is 70.7 Å². The van der Waals surface area contributed by atoms with Gasteiger partial charge in [-0.15, -0.1) is 0 Å². The van der Waals surface area contributed by atoms with Crippen molar-refractivity contribution in [2.75, 3.05) is 46.9 Å². The minimum absolute atomic E-state index is 0.00588. The Kier molecular flexibility index (Phi) is 10.6. The van der Waals surface area contributed by atoms with E-state index in [-0.39, 0.29) is 18.4 Å². The van der Waals surface area contributed by atoms with E-state index in [0.717, 1.165) is 39.0 Å². The summed E-state index contributed by atoms with van der Waals surface area (Å²) in [6.45, 7) is 3.24. The molecular formula is C17H33N3O3. The van der Waals surface area contributed by atoms with Crippen LogP contribution in [0.3, 0.4) is 0 Å². The molecule has 134 valence electrons. The van der Waals surface area contributed by atoms with Gasteiger partial charge in [0, 0.05) is 26.6 Å². The zero-order valence-corrected chi connectivity index (χ0v) is 14.7. The number of nitrogens with one attached hydrogen (secondary N) is 2. The number of nitrogens with zero attached hydrogens (tertiary/aromatic N) is 1. The van der Waals surface area contributed by atoms with Gasteiger partial charge in [-0.05, 0) is 38.8 Å². The van der Waals surface area contributed by atoms with Gasteiger partial charge >= 0.3 is 0 Å². The smallest absolute Gasteiger partial charge is 0.239 e. The van der Waals surface area contributed by atoms with Crippen LogP contribution in [0.15, 0.2) is 0 Å². The molecule has 0 aromatic heterocycles. The summed E-state index contributed by atoms with van der Waals surface area (Å²) in [7, 11) is 3.73. The summed E-state index contributed by atoms with van der Waals surface area (Å²) < 4.78 is 5.01. The monoisotopic (exact) mass is 327 g/mol. The first-order valence-electron chi connectivity index (χ1n) is 8.82. The molecule has 6 nitrogen and oxygen atoms in total. The second-order valence-electron chi connectivity index (χ2n) is 6.48. The molecule has 23 heavy (non-hydrogen) atoms. The maximum Gasteiger partial charge on any atom is 0.239 e. The van der Waals surface area contributed by atoms with Crippen LogP contribution in [0, 0.1) is 5.92 Å². The zero-order chi connectivity index (χ0) is 16.9. The largest absolute Gasteiger partial charge is 0.383 e. The van der Waals surface area contributed by atoms with E-state index >= 15 is 0 Å². The molecule has 0 atom stereocenters. The van der Waals surface area contributed by atoms with Crippen molar-refractivity contribution in [3.8, 4) is 0 Å². The maximum absolute atomic E-state index is 11.8. The number of hydrogen-bond donors (Lipinski definition) is 2. The molecule has 0 aromatic carbocycles. The van der Waals surface area contributed by atoms with Crippen molar-refractivity contribution >= 4 is 11.8 Å². The van der Waals surface area contributed by atoms with Gasteiger partial charge < -0.3 is 20.3 Å². The fourth-order valence-electron chi connectivity index (χ4n) is 2.90. The van der Waals surface area contributed by atoms with Crippen molar-refractivity contribution in [1.82, 2.24) is 15.5 Å². The lowest BCUT2D eigenvalue weighted by molar-refractivity contribution is -0.126. The quantitative estimate of drug-likeness (QED) is 0.559. The second-order valence-corrected chi connectivity index (χ2v) is 6.48. The molecule has 6 heteroatoms. The third-order valence-corrected chi connectivity index (χ3v) is 4.36. The van der Waals surface area contributed by atoms with E-state index in [1.165, 1.54) is 19.3 Å². The molecule has 1 saturated carbocycles. The highest BCUT2D eigenvalue weighted by Crippen LogP contribution is 2.25. The van der Waals surface area contributed by atoms with Crippen LogP contribution in [-0.4, -0.2) is 63.7 Å². The molecule has 1 fully saturated rings. The molecule has 0 radical (unpaired) electrons. The fourth-order valence-corrected chi connectivity index (χ4v) is 2.90. The average Bonchev–Trinajstić information content (AvgIpc) is 2.56. The lowest BCUT2D eigenvalue weighted by Crippen LogP contribution is -2.38. The summed E-state index contributed by atoms with van der Waals surface area (Å²) >= 11 is 0. The van der Waals surface area contributed by atoms with Crippen molar-refractivity contribution in [1.29, 1.82) is 0 Å². The van der Waals surface area contributed by atoms with E-state index in [1.54, 1.807) is 7.11 Å². The summed E-state index contributed by atoms with van der Waals surface area (Å²) in [4.78, 5) is 25.7. The number of ether oxygens (including phenoxy) is 1. The number of methoxy groups -OCH3 is 1. The van der Waals surface area contributed by atoms with Crippen LogP contribution in [0.4, 0.5) is 0 Å². The normalized spacial score (nSPS) is 15.6. The molecular weight excluding hydrogens is 294 g/mol. The Morgan fingerprint density at radius 3 is 2.52 bits per heavy atom. The Morgan fingerprint density at radius 2 is 1.83 bits per heavy atom. The summed E-state index contributed by atoms with van der Waals surface area (Å²) in [6.07, 6.45) is 7.52. The van der Waals surface area contributed by atoms with E-state index in [9.17, 15) is 9.59 Å². The van der Waals surface area contributed by atoms with Gasteiger partial charge in [-0.3, -0.25) is 9.59 Å². The van der Waals surface area contributed by atoms with Crippen LogP contribution in [0.5, 0.6) is 0 Å². The third-order valence-electron chi connectivity index (χ3n) is 4.36. The van der Waals surface area contributed by atoms with Crippen molar-refractivity contribution in [2.45, 2.75) is 44.9 Å². The molecule has 0 heterocycles.